The van der Waals surface area contributed by atoms with Gasteiger partial charge in [-0.1, -0.05) is 11.6 Å². The number of piperidine rings is 1. The Morgan fingerprint density at radius 1 is 1.32 bits per heavy atom. The van der Waals surface area contributed by atoms with E-state index in [0.29, 0.717) is 40.2 Å². The van der Waals surface area contributed by atoms with Crippen LogP contribution < -0.4 is 11.1 Å². The highest BCUT2D eigenvalue weighted by atomic mass is 35.5. The molecule has 1 atom stereocenters. The molecule has 3 rings (SSSR count). The molecule has 3 N–H and O–H groups in total. The monoisotopic (exact) mass is 376 g/mol. The van der Waals surface area contributed by atoms with Crippen molar-refractivity contribution in [2.75, 3.05) is 24.1 Å². The molecular formula is C16H17ClN6OS. The summed E-state index contributed by atoms with van der Waals surface area (Å²) in [5.41, 5.74) is 6.56. The number of hydrogen-bond acceptors (Lipinski definition) is 6. The molecule has 25 heavy (non-hydrogen) atoms. The average Bonchev–Trinajstić information content (AvgIpc) is 2.63. The normalized spacial score (nSPS) is 17.0. The number of rotatable bonds is 4. The molecule has 0 radical (unpaired) electrons. The molecule has 7 nitrogen and oxygen atoms in total. The number of halogens is 1. The number of nitrogen functional groups attached to an aromatic ring is 1. The first-order valence-electron chi connectivity index (χ1n) is 7.77. The molecule has 1 saturated heterocycles. The number of nitrogens with two attached hydrogens (primary N) is 1. The Morgan fingerprint density at radius 2 is 2.00 bits per heavy atom. The molecule has 0 bridgehead atoms. The van der Waals surface area contributed by atoms with E-state index in [2.05, 4.69) is 15.3 Å². The Labute approximate surface area is 153 Å². The van der Waals surface area contributed by atoms with Crippen molar-refractivity contribution in [3.63, 3.8) is 0 Å². The van der Waals surface area contributed by atoms with Gasteiger partial charge >= 0.3 is 0 Å². The SMILES string of the molecule is N#Cc1ccc(S(=O)N2CCC(Nc3ncc(Cl)cn3)CC2)cc1N. The molecule has 130 valence electrons. The molecule has 1 aromatic heterocycles. The van der Waals surface area contributed by atoms with Crippen molar-refractivity contribution in [3.8, 4) is 6.07 Å². The minimum atomic E-state index is -1.29. The van der Waals surface area contributed by atoms with E-state index < -0.39 is 11.0 Å². The molecule has 1 aliphatic rings. The fourth-order valence-corrected chi connectivity index (χ4v) is 3.99. The number of aromatic nitrogens is 2. The molecule has 2 heterocycles. The van der Waals surface area contributed by atoms with Crippen LogP contribution in [-0.4, -0.2) is 37.6 Å². The smallest absolute Gasteiger partial charge is 0.222 e. The molecule has 0 spiro atoms. The summed E-state index contributed by atoms with van der Waals surface area (Å²) in [4.78, 5) is 8.88. The maximum absolute atomic E-state index is 12.7. The van der Waals surface area contributed by atoms with Gasteiger partial charge in [-0.3, -0.25) is 0 Å². The van der Waals surface area contributed by atoms with Gasteiger partial charge in [0.25, 0.3) is 0 Å². The fraction of sp³-hybridized carbons (Fsp3) is 0.312. The van der Waals surface area contributed by atoms with E-state index in [9.17, 15) is 4.21 Å². The summed E-state index contributed by atoms with van der Waals surface area (Å²) in [6.07, 6.45) is 4.75. The summed E-state index contributed by atoms with van der Waals surface area (Å²) < 4.78 is 14.6. The maximum atomic E-state index is 12.7. The van der Waals surface area contributed by atoms with Crippen LogP contribution in [0.5, 0.6) is 0 Å². The van der Waals surface area contributed by atoms with Crippen molar-refractivity contribution in [2.24, 2.45) is 0 Å². The van der Waals surface area contributed by atoms with Gasteiger partial charge in [0.1, 0.15) is 17.1 Å². The van der Waals surface area contributed by atoms with Crippen LogP contribution in [0, 0.1) is 11.3 Å². The average molecular weight is 377 g/mol. The maximum Gasteiger partial charge on any atom is 0.222 e. The zero-order valence-electron chi connectivity index (χ0n) is 13.4. The Balaban J connectivity index is 1.58. The van der Waals surface area contributed by atoms with Crippen LogP contribution in [0.1, 0.15) is 18.4 Å². The number of nitrogens with one attached hydrogen (secondary N) is 1. The first-order valence-corrected chi connectivity index (χ1v) is 9.26. The lowest BCUT2D eigenvalue weighted by Gasteiger charge is -2.31. The minimum absolute atomic E-state index is 0.223. The molecule has 1 aliphatic heterocycles. The van der Waals surface area contributed by atoms with Gasteiger partial charge in [0, 0.05) is 19.1 Å². The summed E-state index contributed by atoms with van der Waals surface area (Å²) in [6, 6.07) is 7.14. The third-order valence-corrected chi connectivity index (χ3v) is 5.67. The third kappa shape index (κ3) is 4.25. The summed E-state index contributed by atoms with van der Waals surface area (Å²) in [5, 5.41) is 12.7. The van der Waals surface area contributed by atoms with Crippen LogP contribution in [0.15, 0.2) is 35.5 Å². The van der Waals surface area contributed by atoms with Crippen molar-refractivity contribution in [1.29, 1.82) is 5.26 Å². The number of hydrogen-bond donors (Lipinski definition) is 2. The lowest BCUT2D eigenvalue weighted by molar-refractivity contribution is 0.345. The number of nitriles is 1. The molecule has 1 fully saturated rings. The largest absolute Gasteiger partial charge is 0.398 e. The van der Waals surface area contributed by atoms with Gasteiger partial charge in [-0.15, -0.1) is 0 Å². The molecule has 0 aliphatic carbocycles. The van der Waals surface area contributed by atoms with E-state index in [1.807, 2.05) is 10.4 Å². The van der Waals surface area contributed by atoms with Crippen LogP contribution in [0.3, 0.4) is 0 Å². The standard InChI is InChI=1S/C16H17ClN6OS/c17-12-9-20-16(21-10-12)22-13-3-5-23(6-4-13)25(24)14-2-1-11(8-18)15(19)7-14/h1-2,7,9-10,13H,3-6,19H2,(H,20,21,22). The van der Waals surface area contributed by atoms with Gasteiger partial charge in [-0.2, -0.15) is 5.26 Å². The predicted molar refractivity (Wildman–Crippen MR) is 97.2 cm³/mol. The Kier molecular flexibility index (Phi) is 5.48. The summed E-state index contributed by atoms with van der Waals surface area (Å²) in [6.45, 7) is 1.36. The number of nitrogens with zero attached hydrogens (tertiary/aromatic N) is 4. The van der Waals surface area contributed by atoms with Crippen LogP contribution in [-0.2, 0) is 11.0 Å². The number of anilines is 2. The van der Waals surface area contributed by atoms with Gasteiger partial charge in [0.05, 0.1) is 33.6 Å². The van der Waals surface area contributed by atoms with Crippen molar-refractivity contribution in [2.45, 2.75) is 23.8 Å². The van der Waals surface area contributed by atoms with Crippen LogP contribution in [0.4, 0.5) is 11.6 Å². The first-order chi connectivity index (χ1) is 12.1. The summed E-state index contributed by atoms with van der Waals surface area (Å²) >= 11 is 5.78. The number of benzene rings is 1. The van der Waals surface area contributed by atoms with E-state index in [-0.39, 0.29) is 6.04 Å². The fourth-order valence-electron chi connectivity index (χ4n) is 2.64. The quantitative estimate of drug-likeness (QED) is 0.792. The second-order valence-corrected chi connectivity index (χ2v) is 7.61. The Bertz CT molecular complexity index is 814. The zero-order chi connectivity index (χ0) is 17.8. The lowest BCUT2D eigenvalue weighted by atomic mass is 10.1. The molecule has 0 saturated carbocycles. The summed E-state index contributed by atoms with van der Waals surface area (Å²) in [5.74, 6) is 0.545. The van der Waals surface area contributed by atoms with Crippen LogP contribution >= 0.6 is 11.6 Å². The van der Waals surface area contributed by atoms with E-state index in [1.54, 1.807) is 30.6 Å². The van der Waals surface area contributed by atoms with E-state index in [4.69, 9.17) is 22.6 Å². The van der Waals surface area contributed by atoms with E-state index >= 15 is 0 Å². The van der Waals surface area contributed by atoms with E-state index in [1.165, 1.54) is 0 Å². The highest BCUT2D eigenvalue weighted by Crippen LogP contribution is 2.22. The van der Waals surface area contributed by atoms with Crippen molar-refractivity contribution < 1.29 is 4.21 Å². The van der Waals surface area contributed by atoms with Gasteiger partial charge in [-0.25, -0.2) is 18.5 Å². The molecule has 2 aromatic rings. The highest BCUT2D eigenvalue weighted by molar-refractivity contribution is 7.82. The van der Waals surface area contributed by atoms with Gasteiger partial charge in [0.15, 0.2) is 0 Å². The third-order valence-electron chi connectivity index (χ3n) is 3.99. The van der Waals surface area contributed by atoms with Gasteiger partial charge in [-0.05, 0) is 31.0 Å². The second kappa shape index (κ2) is 7.78. The van der Waals surface area contributed by atoms with Crippen molar-refractivity contribution in [3.05, 3.63) is 41.2 Å². The topological polar surface area (TPSA) is 108 Å². The Morgan fingerprint density at radius 3 is 2.60 bits per heavy atom. The highest BCUT2D eigenvalue weighted by Gasteiger charge is 2.24. The second-order valence-electron chi connectivity index (χ2n) is 5.68. The molecular weight excluding hydrogens is 360 g/mol. The van der Waals surface area contributed by atoms with Crippen LogP contribution in [0.25, 0.3) is 0 Å². The lowest BCUT2D eigenvalue weighted by Crippen LogP contribution is -2.40. The van der Waals surface area contributed by atoms with Gasteiger partial charge < -0.3 is 11.1 Å². The van der Waals surface area contributed by atoms with E-state index in [0.717, 1.165) is 12.8 Å². The molecule has 1 unspecified atom stereocenters. The van der Waals surface area contributed by atoms with Crippen molar-refractivity contribution in [1.82, 2.24) is 14.3 Å². The Hall–Kier alpha value is -2.21. The summed E-state index contributed by atoms with van der Waals surface area (Å²) in [7, 11) is -1.29. The zero-order valence-corrected chi connectivity index (χ0v) is 14.9. The predicted octanol–water partition coefficient (Wildman–Crippen LogP) is 2.18. The minimum Gasteiger partial charge on any atom is -0.398 e. The van der Waals surface area contributed by atoms with Crippen molar-refractivity contribution >= 4 is 34.2 Å². The first kappa shape index (κ1) is 17.6. The molecule has 0 amide bonds. The molecule has 1 aromatic carbocycles. The van der Waals surface area contributed by atoms with Crippen LogP contribution in [0.2, 0.25) is 5.02 Å². The molecule has 9 heteroatoms. The van der Waals surface area contributed by atoms with Gasteiger partial charge in [0.2, 0.25) is 5.95 Å².